The number of likely N-dealkylation sites (tertiary alicyclic amines) is 1. The molecule has 0 aliphatic carbocycles. The summed E-state index contributed by atoms with van der Waals surface area (Å²) in [6, 6.07) is 6.03. The van der Waals surface area contributed by atoms with Gasteiger partial charge in [-0.25, -0.2) is 0 Å². The van der Waals surface area contributed by atoms with E-state index in [-0.39, 0.29) is 12.4 Å². The van der Waals surface area contributed by atoms with Crippen LogP contribution in [0.2, 0.25) is 5.02 Å². The van der Waals surface area contributed by atoms with Gasteiger partial charge in [0.1, 0.15) is 0 Å². The molecule has 0 aromatic heterocycles. The number of halogens is 3. The van der Waals surface area contributed by atoms with E-state index in [1.165, 1.54) is 18.4 Å². The Morgan fingerprint density at radius 1 is 1.44 bits per heavy atom. The Morgan fingerprint density at radius 3 is 2.94 bits per heavy atom. The van der Waals surface area contributed by atoms with Crippen molar-refractivity contribution in [2.24, 2.45) is 11.7 Å². The third kappa shape index (κ3) is 4.39. The summed E-state index contributed by atoms with van der Waals surface area (Å²) in [5.41, 5.74) is 6.95. The van der Waals surface area contributed by atoms with E-state index < -0.39 is 0 Å². The molecule has 1 saturated heterocycles. The van der Waals surface area contributed by atoms with Crippen molar-refractivity contribution < 1.29 is 0 Å². The molecule has 2 N–H and O–H groups in total. The molecule has 0 bridgehead atoms. The van der Waals surface area contributed by atoms with E-state index in [9.17, 15) is 0 Å². The van der Waals surface area contributed by atoms with Crippen molar-refractivity contribution in [1.29, 1.82) is 0 Å². The molecule has 1 aliphatic rings. The second-order valence-corrected chi connectivity index (χ2v) is 6.04. The lowest BCUT2D eigenvalue weighted by Crippen LogP contribution is -2.37. The Labute approximate surface area is 128 Å². The van der Waals surface area contributed by atoms with E-state index in [1.54, 1.807) is 0 Å². The highest BCUT2D eigenvalue weighted by Gasteiger charge is 2.19. The maximum Gasteiger partial charge on any atom is 0.0451 e. The number of hydrogen-bond acceptors (Lipinski definition) is 2. The highest BCUT2D eigenvalue weighted by Crippen LogP contribution is 2.24. The van der Waals surface area contributed by atoms with Crippen molar-refractivity contribution in [3.05, 3.63) is 33.3 Å². The molecule has 0 radical (unpaired) electrons. The van der Waals surface area contributed by atoms with Gasteiger partial charge in [0.2, 0.25) is 0 Å². The average Bonchev–Trinajstić information content (AvgIpc) is 2.34. The van der Waals surface area contributed by atoms with E-state index in [1.807, 2.05) is 12.1 Å². The highest BCUT2D eigenvalue weighted by atomic mass is 79.9. The van der Waals surface area contributed by atoms with Gasteiger partial charge >= 0.3 is 0 Å². The molecule has 1 fully saturated rings. The summed E-state index contributed by atoms with van der Waals surface area (Å²) in [6.45, 7) is 3.97. The first-order valence-corrected chi connectivity index (χ1v) is 7.22. The molecule has 5 heteroatoms. The number of piperidine rings is 1. The van der Waals surface area contributed by atoms with Gasteiger partial charge in [0.05, 0.1) is 0 Å². The molecule has 1 aromatic carbocycles. The Kier molecular flexibility index (Phi) is 6.96. The van der Waals surface area contributed by atoms with Gasteiger partial charge in [-0.15, -0.1) is 12.4 Å². The highest BCUT2D eigenvalue weighted by molar-refractivity contribution is 9.10. The molecular weight excluding hydrogens is 335 g/mol. The van der Waals surface area contributed by atoms with Crippen molar-refractivity contribution in [1.82, 2.24) is 4.90 Å². The van der Waals surface area contributed by atoms with Gasteiger partial charge in [-0.3, -0.25) is 4.90 Å². The van der Waals surface area contributed by atoms with Gasteiger partial charge in [-0.2, -0.15) is 0 Å². The minimum atomic E-state index is 0. The van der Waals surface area contributed by atoms with Crippen molar-refractivity contribution in [2.45, 2.75) is 19.4 Å². The van der Waals surface area contributed by atoms with Crippen LogP contribution in [-0.2, 0) is 6.54 Å². The van der Waals surface area contributed by atoms with Gasteiger partial charge in [-0.05, 0) is 55.6 Å². The minimum Gasteiger partial charge on any atom is -0.330 e. The van der Waals surface area contributed by atoms with E-state index in [0.29, 0.717) is 5.92 Å². The molecule has 1 aromatic rings. The lowest BCUT2D eigenvalue weighted by atomic mass is 9.98. The lowest BCUT2D eigenvalue weighted by molar-refractivity contribution is 0.171. The topological polar surface area (TPSA) is 29.3 Å². The molecule has 2 rings (SSSR count). The van der Waals surface area contributed by atoms with Crippen LogP contribution in [0.5, 0.6) is 0 Å². The summed E-state index contributed by atoms with van der Waals surface area (Å²) in [5, 5.41) is 0.850. The zero-order valence-electron chi connectivity index (χ0n) is 10.2. The van der Waals surface area contributed by atoms with Crippen LogP contribution < -0.4 is 5.73 Å². The fraction of sp³-hybridized carbons (Fsp3) is 0.538. The van der Waals surface area contributed by atoms with E-state index in [2.05, 4.69) is 26.9 Å². The van der Waals surface area contributed by atoms with Gasteiger partial charge in [0.15, 0.2) is 0 Å². The van der Waals surface area contributed by atoms with Crippen LogP contribution in [0, 0.1) is 5.92 Å². The summed E-state index contributed by atoms with van der Waals surface area (Å²) >= 11 is 9.70. The van der Waals surface area contributed by atoms with E-state index in [0.717, 1.165) is 35.7 Å². The largest absolute Gasteiger partial charge is 0.330 e. The van der Waals surface area contributed by atoms with E-state index >= 15 is 0 Å². The van der Waals surface area contributed by atoms with Crippen LogP contribution in [-0.4, -0.2) is 24.5 Å². The van der Waals surface area contributed by atoms with Crippen LogP contribution in [0.1, 0.15) is 18.4 Å². The predicted octanol–water partition coefficient (Wildman–Crippen LogP) is 3.70. The van der Waals surface area contributed by atoms with Crippen molar-refractivity contribution >= 4 is 39.9 Å². The molecule has 1 aliphatic heterocycles. The Morgan fingerprint density at radius 2 is 2.22 bits per heavy atom. The SMILES string of the molecule is Cl.NCC1CCCN(Cc2cc(Br)ccc2Cl)C1. The normalized spacial score (nSPS) is 20.5. The third-order valence-electron chi connectivity index (χ3n) is 3.34. The number of benzene rings is 1. The van der Waals surface area contributed by atoms with Gasteiger partial charge in [-0.1, -0.05) is 27.5 Å². The summed E-state index contributed by atoms with van der Waals surface area (Å²) in [4.78, 5) is 2.45. The second-order valence-electron chi connectivity index (χ2n) is 4.71. The van der Waals surface area contributed by atoms with Crippen LogP contribution in [0.15, 0.2) is 22.7 Å². The lowest BCUT2D eigenvalue weighted by Gasteiger charge is -2.32. The van der Waals surface area contributed by atoms with Crippen molar-refractivity contribution in [2.75, 3.05) is 19.6 Å². The number of nitrogens with two attached hydrogens (primary N) is 1. The van der Waals surface area contributed by atoms with E-state index in [4.69, 9.17) is 17.3 Å². The molecule has 0 amide bonds. The van der Waals surface area contributed by atoms with Gasteiger partial charge < -0.3 is 5.73 Å². The summed E-state index contributed by atoms with van der Waals surface area (Å²) in [7, 11) is 0. The second kappa shape index (κ2) is 7.71. The first-order valence-electron chi connectivity index (χ1n) is 6.05. The molecule has 0 saturated carbocycles. The molecule has 1 atom stereocenters. The fourth-order valence-electron chi connectivity index (χ4n) is 2.39. The third-order valence-corrected chi connectivity index (χ3v) is 4.20. The molecule has 0 spiro atoms. The molecule has 1 unspecified atom stereocenters. The smallest absolute Gasteiger partial charge is 0.0451 e. The molecule has 1 heterocycles. The zero-order chi connectivity index (χ0) is 12.3. The summed E-state index contributed by atoms with van der Waals surface area (Å²) in [5.74, 6) is 0.648. The van der Waals surface area contributed by atoms with Crippen LogP contribution in [0.4, 0.5) is 0 Å². The quantitative estimate of drug-likeness (QED) is 0.897. The maximum atomic E-state index is 6.21. The average molecular weight is 354 g/mol. The standard InChI is InChI=1S/C13H18BrClN2.ClH/c14-12-3-4-13(15)11(6-12)9-17-5-1-2-10(7-16)8-17;/h3-4,6,10H,1-2,5,7-9,16H2;1H. The van der Waals surface area contributed by atoms with Gasteiger partial charge in [0, 0.05) is 22.6 Å². The Balaban J connectivity index is 0.00000162. The van der Waals surface area contributed by atoms with Crippen LogP contribution in [0.3, 0.4) is 0 Å². The first kappa shape index (κ1) is 16.3. The zero-order valence-corrected chi connectivity index (χ0v) is 13.4. The van der Waals surface area contributed by atoms with Gasteiger partial charge in [0.25, 0.3) is 0 Å². The Bertz CT molecular complexity index is 387. The molecule has 102 valence electrons. The summed E-state index contributed by atoms with van der Waals surface area (Å²) < 4.78 is 1.09. The van der Waals surface area contributed by atoms with Crippen LogP contribution in [0.25, 0.3) is 0 Å². The molecular formula is C13H19BrCl2N2. The Hall–Kier alpha value is 0.200. The number of nitrogens with zero attached hydrogens (tertiary/aromatic N) is 1. The monoisotopic (exact) mass is 352 g/mol. The predicted molar refractivity (Wildman–Crippen MR) is 83.5 cm³/mol. The fourth-order valence-corrected chi connectivity index (χ4v) is 2.98. The summed E-state index contributed by atoms with van der Waals surface area (Å²) in [6.07, 6.45) is 2.51. The van der Waals surface area contributed by atoms with Crippen molar-refractivity contribution in [3.63, 3.8) is 0 Å². The maximum absolute atomic E-state index is 6.21. The van der Waals surface area contributed by atoms with Crippen LogP contribution >= 0.6 is 39.9 Å². The minimum absolute atomic E-state index is 0. The number of hydrogen-bond donors (Lipinski definition) is 1. The molecule has 2 nitrogen and oxygen atoms in total. The molecule has 18 heavy (non-hydrogen) atoms. The first-order chi connectivity index (χ1) is 8.19. The number of rotatable bonds is 3. The van der Waals surface area contributed by atoms with Crippen molar-refractivity contribution in [3.8, 4) is 0 Å².